The van der Waals surface area contributed by atoms with E-state index in [9.17, 15) is 19.6 Å². The largest absolute Gasteiger partial charge is 0.468 e. The van der Waals surface area contributed by atoms with Crippen molar-refractivity contribution < 1.29 is 19.1 Å². The minimum absolute atomic E-state index is 0.000744. The molecule has 3 rings (SSSR count). The lowest BCUT2D eigenvalue weighted by molar-refractivity contribution is -0.150. The van der Waals surface area contributed by atoms with Gasteiger partial charge in [0.1, 0.15) is 5.92 Å². The Morgan fingerprint density at radius 2 is 1.97 bits per heavy atom. The average molecular weight is 528 g/mol. The summed E-state index contributed by atoms with van der Waals surface area (Å²) in [4.78, 5) is 37.6. The summed E-state index contributed by atoms with van der Waals surface area (Å²) in [5.74, 6) is -3.58. The molecule has 7 nitrogen and oxygen atoms in total. The van der Waals surface area contributed by atoms with Crippen LogP contribution in [0.4, 0.5) is 0 Å². The highest BCUT2D eigenvalue weighted by Crippen LogP contribution is 2.40. The van der Waals surface area contributed by atoms with Crippen LogP contribution in [0, 0.1) is 24.2 Å². The van der Waals surface area contributed by atoms with Gasteiger partial charge in [0.2, 0.25) is 11.8 Å². The highest BCUT2D eigenvalue weighted by Gasteiger charge is 2.44. The molecule has 2 amide bonds. The third kappa shape index (κ3) is 6.03. The predicted molar refractivity (Wildman–Crippen MR) is 129 cm³/mol. The van der Waals surface area contributed by atoms with Gasteiger partial charge in [0, 0.05) is 16.9 Å². The maximum absolute atomic E-state index is 12.8. The number of nitrogens with zero attached hydrogens (tertiary/aromatic N) is 1. The molecule has 0 saturated heterocycles. The van der Waals surface area contributed by atoms with Gasteiger partial charge in [0.15, 0.2) is 0 Å². The fourth-order valence-corrected chi connectivity index (χ4v) is 4.77. The van der Waals surface area contributed by atoms with Gasteiger partial charge in [0.05, 0.1) is 29.5 Å². The van der Waals surface area contributed by atoms with Gasteiger partial charge >= 0.3 is 5.97 Å². The van der Waals surface area contributed by atoms with E-state index in [1.54, 1.807) is 18.2 Å². The molecule has 2 aromatic carbocycles. The first-order valence-electron chi connectivity index (χ1n) is 10.1. The van der Waals surface area contributed by atoms with E-state index in [0.717, 1.165) is 27.4 Å². The number of ether oxygens (including phenoxy) is 1. The molecule has 33 heavy (non-hydrogen) atoms. The minimum atomic E-state index is -1.21. The highest BCUT2D eigenvalue weighted by atomic mass is 79.9. The molecule has 0 radical (unpaired) electrons. The second kappa shape index (κ2) is 11.2. The van der Waals surface area contributed by atoms with Crippen molar-refractivity contribution in [3.63, 3.8) is 0 Å². The lowest BCUT2D eigenvalue weighted by atomic mass is 9.78. The van der Waals surface area contributed by atoms with Gasteiger partial charge in [-0.3, -0.25) is 14.4 Å². The molecule has 0 spiro atoms. The maximum atomic E-state index is 12.8. The molecule has 0 aliphatic carbocycles. The Kier molecular flexibility index (Phi) is 8.31. The molecule has 2 aromatic rings. The number of hydrogen-bond acceptors (Lipinski definition) is 6. The van der Waals surface area contributed by atoms with Crippen LogP contribution in [-0.2, 0) is 25.7 Å². The summed E-state index contributed by atoms with van der Waals surface area (Å²) in [5, 5.41) is 15.6. The number of esters is 1. The molecular formula is C24H22BrN3O4S. The number of halogens is 1. The number of methoxy groups -OCH3 is 1. The summed E-state index contributed by atoms with van der Waals surface area (Å²) in [7, 11) is 1.20. The Morgan fingerprint density at radius 3 is 2.61 bits per heavy atom. The lowest BCUT2D eigenvalue weighted by Crippen LogP contribution is -2.44. The van der Waals surface area contributed by atoms with Gasteiger partial charge in [-0.1, -0.05) is 69.7 Å². The van der Waals surface area contributed by atoms with Crippen molar-refractivity contribution in [2.45, 2.75) is 19.4 Å². The van der Waals surface area contributed by atoms with Crippen molar-refractivity contribution in [2.75, 3.05) is 12.9 Å². The molecule has 0 fully saturated rings. The Balaban J connectivity index is 1.81. The summed E-state index contributed by atoms with van der Waals surface area (Å²) < 4.78 is 5.58. The first-order valence-corrected chi connectivity index (χ1v) is 11.9. The number of allylic oxidation sites excluding steroid dienone is 1. The van der Waals surface area contributed by atoms with E-state index in [0.29, 0.717) is 12.1 Å². The predicted octanol–water partition coefficient (Wildman–Crippen LogP) is 3.54. The molecule has 0 unspecified atom stereocenters. The van der Waals surface area contributed by atoms with E-state index in [1.807, 2.05) is 37.3 Å². The van der Waals surface area contributed by atoms with Gasteiger partial charge < -0.3 is 15.4 Å². The van der Waals surface area contributed by atoms with Gasteiger partial charge in [-0.05, 0) is 30.2 Å². The summed E-state index contributed by atoms with van der Waals surface area (Å²) in [5.41, 5.74) is 2.93. The molecule has 0 saturated carbocycles. The summed E-state index contributed by atoms with van der Waals surface area (Å²) in [6.45, 7) is 2.37. The standard InChI is InChI=1S/C24H22BrN3O4S/c1-14-6-8-15(9-7-14)12-27-19(29)13-33-23-18(11-26)20(16-4-3-5-17(25)10-16)21(22(30)28-23)24(31)32-2/h3-10,20-21H,12-13H2,1-2H3,(H,27,29)(H,28,30)/t20-,21-/m1/s1. The number of rotatable bonds is 7. The number of nitriles is 1. The number of amides is 2. The quantitative estimate of drug-likeness (QED) is 0.421. The second-order valence-electron chi connectivity index (χ2n) is 7.43. The van der Waals surface area contributed by atoms with Crippen LogP contribution in [0.1, 0.15) is 22.6 Å². The van der Waals surface area contributed by atoms with Crippen molar-refractivity contribution in [1.82, 2.24) is 10.6 Å². The van der Waals surface area contributed by atoms with Crippen LogP contribution < -0.4 is 10.6 Å². The van der Waals surface area contributed by atoms with E-state index in [1.165, 1.54) is 7.11 Å². The van der Waals surface area contributed by atoms with E-state index >= 15 is 0 Å². The molecule has 1 heterocycles. The van der Waals surface area contributed by atoms with Crippen LogP contribution in [0.25, 0.3) is 0 Å². The first kappa shape index (κ1) is 24.6. The van der Waals surface area contributed by atoms with Crippen LogP contribution in [0.5, 0.6) is 0 Å². The molecule has 9 heteroatoms. The first-order chi connectivity index (χ1) is 15.8. The Labute approximate surface area is 204 Å². The number of nitrogens with one attached hydrogen (secondary N) is 2. The molecule has 1 aliphatic heterocycles. The minimum Gasteiger partial charge on any atom is -0.468 e. The molecule has 2 N–H and O–H groups in total. The Morgan fingerprint density at radius 1 is 1.24 bits per heavy atom. The summed E-state index contributed by atoms with van der Waals surface area (Å²) in [6, 6.07) is 17.0. The van der Waals surface area contributed by atoms with Crippen molar-refractivity contribution in [3.8, 4) is 6.07 Å². The number of carbonyl (C=O) groups is 3. The molecular weight excluding hydrogens is 506 g/mol. The van der Waals surface area contributed by atoms with Gasteiger partial charge in [0.25, 0.3) is 0 Å². The summed E-state index contributed by atoms with van der Waals surface area (Å²) >= 11 is 4.44. The smallest absolute Gasteiger partial charge is 0.319 e. The van der Waals surface area contributed by atoms with Crippen molar-refractivity contribution in [3.05, 3.63) is 80.3 Å². The third-order valence-electron chi connectivity index (χ3n) is 5.15. The number of hydrogen-bond donors (Lipinski definition) is 2. The summed E-state index contributed by atoms with van der Waals surface area (Å²) in [6.07, 6.45) is 0. The van der Waals surface area contributed by atoms with Gasteiger partial charge in [-0.15, -0.1) is 0 Å². The molecule has 0 aromatic heterocycles. The van der Waals surface area contributed by atoms with E-state index in [-0.39, 0.29) is 22.3 Å². The van der Waals surface area contributed by atoms with Gasteiger partial charge in [-0.25, -0.2) is 0 Å². The lowest BCUT2D eigenvalue weighted by Gasteiger charge is -2.31. The monoisotopic (exact) mass is 527 g/mol. The van der Waals surface area contributed by atoms with Crippen LogP contribution in [0.15, 0.2) is 63.6 Å². The molecule has 170 valence electrons. The molecule has 2 atom stereocenters. The number of thioether (sulfide) groups is 1. The Hall–Kier alpha value is -3.09. The number of carbonyl (C=O) groups excluding carboxylic acids is 3. The zero-order chi connectivity index (χ0) is 24.0. The second-order valence-corrected chi connectivity index (χ2v) is 9.33. The number of aryl methyl sites for hydroxylation is 1. The normalized spacial score (nSPS) is 17.7. The van der Waals surface area contributed by atoms with Crippen molar-refractivity contribution in [1.29, 1.82) is 5.26 Å². The number of benzene rings is 2. The van der Waals surface area contributed by atoms with Crippen LogP contribution in [-0.4, -0.2) is 30.6 Å². The molecule has 0 bridgehead atoms. The van der Waals surface area contributed by atoms with Crippen molar-refractivity contribution >= 4 is 45.5 Å². The highest BCUT2D eigenvalue weighted by molar-refractivity contribution is 9.10. The molecule has 1 aliphatic rings. The topological polar surface area (TPSA) is 108 Å². The fraction of sp³-hybridized carbons (Fsp3) is 0.250. The maximum Gasteiger partial charge on any atom is 0.319 e. The van der Waals surface area contributed by atoms with Crippen LogP contribution >= 0.6 is 27.7 Å². The van der Waals surface area contributed by atoms with Crippen LogP contribution in [0.3, 0.4) is 0 Å². The van der Waals surface area contributed by atoms with Gasteiger partial charge in [-0.2, -0.15) is 5.26 Å². The van der Waals surface area contributed by atoms with E-state index < -0.39 is 23.7 Å². The SMILES string of the molecule is COC(=O)[C@H]1C(=O)NC(SCC(=O)NCc2ccc(C)cc2)=C(C#N)[C@H]1c1cccc(Br)c1. The average Bonchev–Trinajstić information content (AvgIpc) is 2.81. The van der Waals surface area contributed by atoms with Crippen molar-refractivity contribution in [2.24, 2.45) is 5.92 Å². The third-order valence-corrected chi connectivity index (χ3v) is 6.66. The Bertz CT molecular complexity index is 1140. The van der Waals surface area contributed by atoms with E-state index in [2.05, 4.69) is 32.6 Å². The fourth-order valence-electron chi connectivity index (χ4n) is 3.47. The zero-order valence-corrected chi connectivity index (χ0v) is 20.5. The van der Waals surface area contributed by atoms with E-state index in [4.69, 9.17) is 4.74 Å². The van der Waals surface area contributed by atoms with Crippen LogP contribution in [0.2, 0.25) is 0 Å². The zero-order valence-electron chi connectivity index (χ0n) is 18.1.